The van der Waals surface area contributed by atoms with Crippen molar-refractivity contribution in [2.24, 2.45) is 5.92 Å². The Hall–Kier alpha value is -3.45. The molecule has 0 N–H and O–H groups in total. The van der Waals surface area contributed by atoms with Gasteiger partial charge in [0.15, 0.2) is 5.82 Å². The van der Waals surface area contributed by atoms with Gasteiger partial charge in [-0.1, -0.05) is 62.2 Å². The third-order valence-electron chi connectivity index (χ3n) is 6.61. The molecule has 36 heavy (non-hydrogen) atoms. The number of anilines is 1. The Morgan fingerprint density at radius 2 is 1.64 bits per heavy atom. The second-order valence-electron chi connectivity index (χ2n) is 9.22. The van der Waals surface area contributed by atoms with Crippen LogP contribution >= 0.6 is 11.6 Å². The first kappa shape index (κ1) is 25.6. The van der Waals surface area contributed by atoms with E-state index in [0.717, 1.165) is 23.5 Å². The lowest BCUT2D eigenvalue weighted by Crippen LogP contribution is -2.52. The van der Waals surface area contributed by atoms with E-state index in [2.05, 4.69) is 28.9 Å². The number of piperazine rings is 1. The Morgan fingerprint density at radius 1 is 0.944 bits per heavy atom. The molecule has 0 radical (unpaired) electrons. The maximum absolute atomic E-state index is 13.2. The minimum absolute atomic E-state index is 0.0363. The average molecular weight is 506 g/mol. The molecule has 0 bridgehead atoms. The average Bonchev–Trinajstić information content (AvgIpc) is 2.93. The van der Waals surface area contributed by atoms with E-state index >= 15 is 0 Å². The Labute approximate surface area is 217 Å². The van der Waals surface area contributed by atoms with Gasteiger partial charge in [-0.05, 0) is 42.3 Å². The lowest BCUT2D eigenvalue weighted by molar-refractivity contribution is -0.132. The maximum atomic E-state index is 13.2. The summed E-state index contributed by atoms with van der Waals surface area (Å²) in [6, 6.07) is 20.7. The van der Waals surface area contributed by atoms with Crippen molar-refractivity contribution in [2.75, 3.05) is 44.2 Å². The number of carbonyl (C=O) groups excluding carboxylic acids is 2. The molecule has 7 nitrogen and oxygen atoms in total. The largest absolute Gasteiger partial charge is 0.352 e. The maximum Gasteiger partial charge on any atom is 0.254 e. The summed E-state index contributed by atoms with van der Waals surface area (Å²) in [5, 5.41) is 9.37. The zero-order valence-corrected chi connectivity index (χ0v) is 21.6. The van der Waals surface area contributed by atoms with E-state index in [1.807, 2.05) is 47.4 Å². The fourth-order valence-corrected chi connectivity index (χ4v) is 4.33. The summed E-state index contributed by atoms with van der Waals surface area (Å²) in [4.78, 5) is 32.0. The van der Waals surface area contributed by atoms with Gasteiger partial charge in [-0.15, -0.1) is 10.2 Å². The molecule has 2 heterocycles. The van der Waals surface area contributed by atoms with Gasteiger partial charge in [0.1, 0.15) is 6.54 Å². The van der Waals surface area contributed by atoms with Crippen LogP contribution in [0.5, 0.6) is 0 Å². The van der Waals surface area contributed by atoms with E-state index in [-0.39, 0.29) is 18.4 Å². The molecule has 3 aromatic rings. The van der Waals surface area contributed by atoms with Crippen molar-refractivity contribution in [3.8, 4) is 11.3 Å². The van der Waals surface area contributed by atoms with Crippen molar-refractivity contribution in [3.05, 3.63) is 77.3 Å². The van der Waals surface area contributed by atoms with Gasteiger partial charge in [-0.25, -0.2) is 0 Å². The van der Waals surface area contributed by atoms with E-state index in [9.17, 15) is 9.59 Å². The minimum Gasteiger partial charge on any atom is -0.352 e. The number of amides is 2. The Kier molecular flexibility index (Phi) is 8.54. The molecule has 1 aliphatic rings. The number of aromatic nitrogens is 2. The van der Waals surface area contributed by atoms with Gasteiger partial charge in [-0.3, -0.25) is 9.59 Å². The van der Waals surface area contributed by atoms with Crippen LogP contribution in [0.1, 0.15) is 30.6 Å². The van der Waals surface area contributed by atoms with E-state index in [1.54, 1.807) is 29.2 Å². The monoisotopic (exact) mass is 505 g/mol. The van der Waals surface area contributed by atoms with Crippen LogP contribution in [-0.2, 0) is 4.79 Å². The second-order valence-corrected chi connectivity index (χ2v) is 9.65. The molecule has 1 atom stereocenters. The first-order valence-corrected chi connectivity index (χ1v) is 12.8. The minimum atomic E-state index is -0.146. The first-order chi connectivity index (χ1) is 17.4. The molecule has 1 aromatic heterocycles. The van der Waals surface area contributed by atoms with E-state index < -0.39 is 0 Å². The summed E-state index contributed by atoms with van der Waals surface area (Å²) >= 11 is 5.98. The van der Waals surface area contributed by atoms with Crippen LogP contribution in [0.2, 0.25) is 5.02 Å². The highest BCUT2D eigenvalue weighted by Gasteiger charge is 2.26. The summed E-state index contributed by atoms with van der Waals surface area (Å²) in [5.41, 5.74) is 2.40. The second kappa shape index (κ2) is 12.0. The number of carbonyl (C=O) groups is 2. The van der Waals surface area contributed by atoms with Crippen molar-refractivity contribution in [1.82, 2.24) is 20.0 Å². The quantitative estimate of drug-likeness (QED) is 0.446. The predicted octanol–water partition coefficient (Wildman–Crippen LogP) is 4.63. The highest BCUT2D eigenvalue weighted by atomic mass is 35.5. The SMILES string of the molecule is CC[C@H](C)CN(CC(=O)N1CCN(c2ccc(-c3ccccc3)nn2)CC1)C(=O)c1ccc(Cl)cc1. The fourth-order valence-electron chi connectivity index (χ4n) is 4.20. The first-order valence-electron chi connectivity index (χ1n) is 12.4. The highest BCUT2D eigenvalue weighted by Crippen LogP contribution is 2.19. The molecular weight excluding hydrogens is 474 g/mol. The molecule has 1 aliphatic heterocycles. The van der Waals surface area contributed by atoms with Crippen LogP contribution in [0.25, 0.3) is 11.3 Å². The van der Waals surface area contributed by atoms with Gasteiger partial charge in [-0.2, -0.15) is 0 Å². The van der Waals surface area contributed by atoms with Gasteiger partial charge in [0.2, 0.25) is 5.91 Å². The van der Waals surface area contributed by atoms with Crippen LogP contribution in [0.15, 0.2) is 66.7 Å². The third-order valence-corrected chi connectivity index (χ3v) is 6.86. The van der Waals surface area contributed by atoms with Crippen molar-refractivity contribution in [3.63, 3.8) is 0 Å². The predicted molar refractivity (Wildman–Crippen MR) is 143 cm³/mol. The molecule has 0 aliphatic carbocycles. The molecule has 0 unspecified atom stereocenters. The molecular formula is C28H32ClN5O2. The smallest absolute Gasteiger partial charge is 0.254 e. The molecule has 2 amide bonds. The summed E-state index contributed by atoms with van der Waals surface area (Å²) in [7, 11) is 0. The van der Waals surface area contributed by atoms with Crippen molar-refractivity contribution in [2.45, 2.75) is 20.3 Å². The molecule has 0 saturated carbocycles. The van der Waals surface area contributed by atoms with Gasteiger partial charge >= 0.3 is 0 Å². The third kappa shape index (κ3) is 6.40. The normalized spacial score (nSPS) is 14.4. The van der Waals surface area contributed by atoms with E-state index in [0.29, 0.717) is 49.2 Å². The van der Waals surface area contributed by atoms with E-state index in [1.165, 1.54) is 0 Å². The molecule has 0 spiro atoms. The van der Waals surface area contributed by atoms with Gasteiger partial charge in [0.05, 0.1) is 5.69 Å². The highest BCUT2D eigenvalue weighted by molar-refractivity contribution is 6.30. The van der Waals surface area contributed by atoms with E-state index in [4.69, 9.17) is 11.6 Å². The molecule has 1 fully saturated rings. The number of benzene rings is 2. The molecule has 8 heteroatoms. The van der Waals surface area contributed by atoms with Crippen molar-refractivity contribution < 1.29 is 9.59 Å². The van der Waals surface area contributed by atoms with Crippen molar-refractivity contribution in [1.29, 1.82) is 0 Å². The van der Waals surface area contributed by atoms with Crippen LogP contribution in [0.3, 0.4) is 0 Å². The van der Waals surface area contributed by atoms with Crippen LogP contribution in [0, 0.1) is 5.92 Å². The summed E-state index contributed by atoms with van der Waals surface area (Å²) in [5.74, 6) is 0.917. The number of hydrogen-bond acceptors (Lipinski definition) is 5. The Morgan fingerprint density at radius 3 is 2.25 bits per heavy atom. The molecule has 188 valence electrons. The van der Waals surface area contributed by atoms with Gasteiger partial charge in [0.25, 0.3) is 5.91 Å². The number of hydrogen-bond donors (Lipinski definition) is 0. The number of nitrogens with zero attached hydrogens (tertiary/aromatic N) is 5. The Bertz CT molecular complexity index is 1150. The topological polar surface area (TPSA) is 69.6 Å². The van der Waals surface area contributed by atoms with Crippen molar-refractivity contribution >= 4 is 29.2 Å². The summed E-state index contributed by atoms with van der Waals surface area (Å²) < 4.78 is 0. The van der Waals surface area contributed by atoms with Crippen LogP contribution < -0.4 is 4.90 Å². The zero-order valence-electron chi connectivity index (χ0n) is 20.8. The number of halogens is 1. The molecule has 2 aromatic carbocycles. The number of rotatable bonds is 8. The zero-order chi connectivity index (χ0) is 25.5. The molecule has 4 rings (SSSR count). The summed E-state index contributed by atoms with van der Waals surface area (Å²) in [6.45, 7) is 7.27. The van der Waals surface area contributed by atoms with Crippen LogP contribution in [0.4, 0.5) is 5.82 Å². The van der Waals surface area contributed by atoms with Gasteiger partial charge in [0, 0.05) is 48.9 Å². The standard InChI is InChI=1S/C28H32ClN5O2/c1-3-21(2)19-34(28(36)23-9-11-24(29)12-10-23)20-27(35)33-17-15-32(16-18-33)26-14-13-25(30-31-26)22-7-5-4-6-8-22/h4-14,21H,3,15-20H2,1-2H3/t21-/m0/s1. The van der Waals surface area contributed by atoms with Crippen LogP contribution in [-0.4, -0.2) is 71.1 Å². The lowest BCUT2D eigenvalue weighted by Gasteiger charge is -2.36. The fraction of sp³-hybridized carbons (Fsp3) is 0.357. The summed E-state index contributed by atoms with van der Waals surface area (Å²) in [6.07, 6.45) is 0.932. The Balaban J connectivity index is 1.36. The molecule has 1 saturated heterocycles. The lowest BCUT2D eigenvalue weighted by atomic mass is 10.1. The van der Waals surface area contributed by atoms with Gasteiger partial charge < -0.3 is 14.7 Å².